The molecule has 34 heavy (non-hydrogen) atoms. The molecule has 174 valence electrons. The lowest BCUT2D eigenvalue weighted by atomic mass is 9.75. The van der Waals surface area contributed by atoms with Crippen molar-refractivity contribution in [1.29, 1.82) is 0 Å². The molecule has 1 atom stereocenters. The number of imide groups is 1. The van der Waals surface area contributed by atoms with Gasteiger partial charge in [0.1, 0.15) is 0 Å². The molecule has 0 unspecified atom stereocenters. The summed E-state index contributed by atoms with van der Waals surface area (Å²) < 4.78 is 0. The highest BCUT2D eigenvalue weighted by atomic mass is 16.3. The Bertz CT molecular complexity index is 1160. The van der Waals surface area contributed by atoms with Crippen LogP contribution in [-0.2, 0) is 26.3 Å². The molecule has 6 nitrogen and oxygen atoms in total. The number of carbonyl (C=O) groups excluding carboxylic acids is 3. The highest BCUT2D eigenvalue weighted by Gasteiger charge is 2.52. The second kappa shape index (κ2) is 10.0. The molecule has 1 aliphatic heterocycles. The standard InChI is InChI=1S/C28H28N2O4/c1-29-25(32)18-28(27(29)34,24-14-12-23(13-15-24)22-10-6-3-7-11-22)19-26(33)30(16-17-31)20-21-8-4-2-5-9-21/h2-15,31H,16-20H2,1H3/t28-/m1/s1. The monoisotopic (exact) mass is 456 g/mol. The zero-order chi connectivity index (χ0) is 24.1. The van der Waals surface area contributed by atoms with Gasteiger partial charge in [0, 0.05) is 33.0 Å². The third-order valence-electron chi connectivity index (χ3n) is 6.48. The van der Waals surface area contributed by atoms with Crippen molar-refractivity contribution in [2.24, 2.45) is 0 Å². The molecule has 0 aromatic heterocycles. The largest absolute Gasteiger partial charge is 0.395 e. The summed E-state index contributed by atoms with van der Waals surface area (Å²) in [6, 6.07) is 26.9. The number of likely N-dealkylation sites (N-methyl/N-ethyl adjacent to an activating group) is 1. The molecule has 3 aromatic rings. The zero-order valence-corrected chi connectivity index (χ0v) is 19.2. The average Bonchev–Trinajstić information content (AvgIpc) is 3.09. The van der Waals surface area contributed by atoms with Crippen LogP contribution in [0, 0.1) is 0 Å². The van der Waals surface area contributed by atoms with E-state index in [4.69, 9.17) is 0 Å². The quantitative estimate of drug-likeness (QED) is 0.527. The van der Waals surface area contributed by atoms with E-state index in [0.29, 0.717) is 12.1 Å². The highest BCUT2D eigenvalue weighted by Crippen LogP contribution is 2.40. The Hall–Kier alpha value is -3.77. The second-order valence-electron chi connectivity index (χ2n) is 8.66. The van der Waals surface area contributed by atoms with Crippen molar-refractivity contribution in [1.82, 2.24) is 9.80 Å². The maximum Gasteiger partial charge on any atom is 0.240 e. The van der Waals surface area contributed by atoms with Crippen LogP contribution in [-0.4, -0.2) is 52.8 Å². The van der Waals surface area contributed by atoms with Crippen molar-refractivity contribution in [2.45, 2.75) is 24.8 Å². The molecule has 6 heteroatoms. The molecule has 0 aliphatic carbocycles. The van der Waals surface area contributed by atoms with E-state index < -0.39 is 5.41 Å². The van der Waals surface area contributed by atoms with Gasteiger partial charge in [-0.25, -0.2) is 0 Å². The minimum atomic E-state index is -1.26. The van der Waals surface area contributed by atoms with Crippen LogP contribution in [0.3, 0.4) is 0 Å². The van der Waals surface area contributed by atoms with Gasteiger partial charge in [0.2, 0.25) is 17.7 Å². The first-order chi connectivity index (χ1) is 16.4. The number of hydrogen-bond donors (Lipinski definition) is 1. The first-order valence-corrected chi connectivity index (χ1v) is 11.3. The Kier molecular flexibility index (Phi) is 6.89. The van der Waals surface area contributed by atoms with E-state index in [-0.39, 0.29) is 43.7 Å². The lowest BCUT2D eigenvalue weighted by molar-refractivity contribution is -0.141. The molecule has 0 radical (unpaired) electrons. The number of likely N-dealkylation sites (tertiary alicyclic amines) is 1. The van der Waals surface area contributed by atoms with E-state index in [1.54, 1.807) is 4.90 Å². The fourth-order valence-electron chi connectivity index (χ4n) is 4.55. The zero-order valence-electron chi connectivity index (χ0n) is 19.2. The molecular formula is C28H28N2O4. The second-order valence-corrected chi connectivity index (χ2v) is 8.66. The fraction of sp³-hybridized carbons (Fsp3) is 0.250. The molecule has 4 rings (SSSR count). The third-order valence-corrected chi connectivity index (χ3v) is 6.48. The van der Waals surface area contributed by atoms with Gasteiger partial charge in [-0.3, -0.25) is 19.3 Å². The fourth-order valence-corrected chi connectivity index (χ4v) is 4.55. The van der Waals surface area contributed by atoms with Crippen LogP contribution in [0.25, 0.3) is 11.1 Å². The summed E-state index contributed by atoms with van der Waals surface area (Å²) >= 11 is 0. The number of benzene rings is 3. The Morgan fingerprint density at radius 1 is 0.912 bits per heavy atom. The summed E-state index contributed by atoms with van der Waals surface area (Å²) in [5.74, 6) is -0.954. The first kappa shape index (κ1) is 23.4. The van der Waals surface area contributed by atoms with Gasteiger partial charge in [0.15, 0.2) is 0 Å². The molecule has 1 N–H and O–H groups in total. The minimum absolute atomic E-state index is 0.0585. The van der Waals surface area contributed by atoms with Crippen molar-refractivity contribution in [3.63, 3.8) is 0 Å². The molecule has 1 heterocycles. The molecule has 1 saturated heterocycles. The molecule has 0 spiro atoms. The average molecular weight is 457 g/mol. The van der Waals surface area contributed by atoms with Crippen molar-refractivity contribution in [3.05, 3.63) is 96.1 Å². The highest BCUT2D eigenvalue weighted by molar-refractivity contribution is 6.10. The maximum atomic E-state index is 13.5. The van der Waals surface area contributed by atoms with Crippen LogP contribution < -0.4 is 0 Å². The number of aliphatic hydroxyl groups excluding tert-OH is 1. The van der Waals surface area contributed by atoms with Gasteiger partial charge in [-0.1, -0.05) is 84.9 Å². The Balaban J connectivity index is 1.65. The molecule has 1 aliphatic rings. The molecule has 1 fully saturated rings. The Labute approximate surface area is 199 Å². The van der Waals surface area contributed by atoms with E-state index in [1.165, 1.54) is 7.05 Å². The van der Waals surface area contributed by atoms with E-state index in [2.05, 4.69) is 0 Å². The van der Waals surface area contributed by atoms with Crippen molar-refractivity contribution >= 4 is 17.7 Å². The maximum absolute atomic E-state index is 13.5. The molecule has 0 saturated carbocycles. The Morgan fingerprint density at radius 3 is 2.06 bits per heavy atom. The van der Waals surface area contributed by atoms with Gasteiger partial charge in [-0.15, -0.1) is 0 Å². The van der Waals surface area contributed by atoms with Gasteiger partial charge in [-0.05, 0) is 22.3 Å². The van der Waals surface area contributed by atoms with E-state index in [0.717, 1.165) is 21.6 Å². The molecule has 3 amide bonds. The smallest absolute Gasteiger partial charge is 0.240 e. The van der Waals surface area contributed by atoms with E-state index in [9.17, 15) is 19.5 Å². The van der Waals surface area contributed by atoms with Crippen LogP contribution in [0.15, 0.2) is 84.9 Å². The summed E-state index contributed by atoms with van der Waals surface area (Å²) in [5.41, 5.74) is 2.34. The number of hydrogen-bond acceptors (Lipinski definition) is 4. The van der Waals surface area contributed by atoms with Crippen LogP contribution in [0.5, 0.6) is 0 Å². The summed E-state index contributed by atoms with van der Waals surface area (Å²) in [4.78, 5) is 42.0. The lowest BCUT2D eigenvalue weighted by Crippen LogP contribution is -2.43. The number of carbonyl (C=O) groups is 3. The Morgan fingerprint density at radius 2 is 1.50 bits per heavy atom. The summed E-state index contributed by atoms with van der Waals surface area (Å²) in [6.45, 7) is 0.278. The van der Waals surface area contributed by atoms with Gasteiger partial charge in [0.05, 0.1) is 12.0 Å². The number of aliphatic hydroxyl groups is 1. The lowest BCUT2D eigenvalue weighted by Gasteiger charge is -2.30. The van der Waals surface area contributed by atoms with Crippen molar-refractivity contribution in [3.8, 4) is 11.1 Å². The third kappa shape index (κ3) is 4.63. The van der Waals surface area contributed by atoms with Gasteiger partial charge in [0.25, 0.3) is 0 Å². The number of amides is 3. The van der Waals surface area contributed by atoms with Gasteiger partial charge >= 0.3 is 0 Å². The molecular weight excluding hydrogens is 428 g/mol. The predicted octanol–water partition coefficient (Wildman–Crippen LogP) is 3.39. The van der Waals surface area contributed by atoms with Crippen LogP contribution >= 0.6 is 0 Å². The topological polar surface area (TPSA) is 77.9 Å². The first-order valence-electron chi connectivity index (χ1n) is 11.3. The summed E-state index contributed by atoms with van der Waals surface area (Å²) in [6.07, 6.45) is -0.198. The summed E-state index contributed by atoms with van der Waals surface area (Å²) in [7, 11) is 1.46. The summed E-state index contributed by atoms with van der Waals surface area (Å²) in [5, 5.41) is 9.56. The van der Waals surface area contributed by atoms with Gasteiger partial charge in [-0.2, -0.15) is 0 Å². The SMILES string of the molecule is CN1C(=O)C[C@@](CC(=O)N(CCO)Cc2ccccc2)(c2ccc(-c3ccccc3)cc2)C1=O. The minimum Gasteiger partial charge on any atom is -0.395 e. The van der Waals surface area contributed by atoms with E-state index >= 15 is 0 Å². The van der Waals surface area contributed by atoms with Crippen LogP contribution in [0.4, 0.5) is 0 Å². The molecule has 3 aromatic carbocycles. The van der Waals surface area contributed by atoms with Crippen LogP contribution in [0.2, 0.25) is 0 Å². The van der Waals surface area contributed by atoms with Gasteiger partial charge < -0.3 is 10.0 Å². The van der Waals surface area contributed by atoms with Crippen LogP contribution in [0.1, 0.15) is 24.0 Å². The van der Waals surface area contributed by atoms with Crippen molar-refractivity contribution < 1.29 is 19.5 Å². The number of nitrogens with zero attached hydrogens (tertiary/aromatic N) is 2. The molecule has 0 bridgehead atoms. The normalized spacial score (nSPS) is 17.8. The van der Waals surface area contributed by atoms with E-state index in [1.807, 2.05) is 84.9 Å². The van der Waals surface area contributed by atoms with Crippen molar-refractivity contribution in [2.75, 3.05) is 20.2 Å². The predicted molar refractivity (Wildman–Crippen MR) is 130 cm³/mol. The number of rotatable bonds is 8.